The van der Waals surface area contributed by atoms with Crippen molar-refractivity contribution in [2.75, 3.05) is 6.54 Å². The van der Waals surface area contributed by atoms with Gasteiger partial charge >= 0.3 is 0 Å². The van der Waals surface area contributed by atoms with Crippen LogP contribution in [0.25, 0.3) is 0 Å². The zero-order chi connectivity index (χ0) is 15.2. The molecule has 0 aliphatic carbocycles. The first kappa shape index (κ1) is 14.3. The predicted molar refractivity (Wildman–Crippen MR) is 84.7 cm³/mol. The van der Waals surface area contributed by atoms with Gasteiger partial charge < -0.3 is 4.90 Å². The molecule has 0 unspecified atom stereocenters. The first-order chi connectivity index (χ1) is 9.86. The largest absolute Gasteiger partial charge is 0.333 e. The quantitative estimate of drug-likeness (QED) is 0.811. The van der Waals surface area contributed by atoms with E-state index in [9.17, 15) is 4.79 Å². The summed E-state index contributed by atoms with van der Waals surface area (Å²) in [6.45, 7) is 9.79. The molecule has 4 nitrogen and oxygen atoms in total. The third-order valence-electron chi connectivity index (χ3n) is 3.84. The van der Waals surface area contributed by atoms with Crippen LogP contribution in [0.3, 0.4) is 0 Å². The number of thiophene rings is 1. The lowest BCUT2D eigenvalue weighted by Gasteiger charge is -2.26. The van der Waals surface area contributed by atoms with E-state index in [0.717, 1.165) is 18.7 Å². The van der Waals surface area contributed by atoms with Gasteiger partial charge in [-0.05, 0) is 57.2 Å². The lowest BCUT2D eigenvalue weighted by atomic mass is 10.1. The summed E-state index contributed by atoms with van der Waals surface area (Å²) in [5.74, 6) is 0.0398. The Kier molecular flexibility index (Phi) is 3.40. The summed E-state index contributed by atoms with van der Waals surface area (Å²) in [5.41, 5.74) is 2.76. The van der Waals surface area contributed by atoms with Crippen LogP contribution in [-0.2, 0) is 18.5 Å². The summed E-state index contributed by atoms with van der Waals surface area (Å²) < 4.78 is 1.93. The van der Waals surface area contributed by atoms with Gasteiger partial charge in [-0.15, -0.1) is 11.3 Å². The van der Waals surface area contributed by atoms with Crippen molar-refractivity contribution in [3.63, 3.8) is 0 Å². The maximum atomic E-state index is 12.7. The van der Waals surface area contributed by atoms with Gasteiger partial charge in [-0.3, -0.25) is 9.48 Å². The van der Waals surface area contributed by atoms with E-state index in [0.29, 0.717) is 12.2 Å². The summed E-state index contributed by atoms with van der Waals surface area (Å²) >= 11 is 1.79. The lowest BCUT2D eigenvalue weighted by molar-refractivity contribution is 0.0728. The fourth-order valence-corrected chi connectivity index (χ4v) is 3.73. The van der Waals surface area contributed by atoms with Crippen molar-refractivity contribution in [1.29, 1.82) is 0 Å². The molecule has 0 aromatic carbocycles. The molecule has 112 valence electrons. The van der Waals surface area contributed by atoms with E-state index in [-0.39, 0.29) is 11.4 Å². The van der Waals surface area contributed by atoms with E-state index in [2.05, 4.69) is 37.3 Å². The molecule has 0 fully saturated rings. The molecular weight excluding hydrogens is 282 g/mol. The molecule has 1 aliphatic rings. The maximum Gasteiger partial charge on any atom is 0.274 e. The third-order valence-corrected chi connectivity index (χ3v) is 4.86. The molecule has 2 aromatic heterocycles. The topological polar surface area (TPSA) is 38.1 Å². The minimum absolute atomic E-state index is 0.0398. The number of aryl methyl sites for hydroxylation is 1. The van der Waals surface area contributed by atoms with Gasteiger partial charge in [0, 0.05) is 23.7 Å². The number of fused-ring (bicyclic) bond motifs is 1. The second-order valence-corrected chi connectivity index (χ2v) is 7.60. The molecule has 0 bridgehead atoms. The van der Waals surface area contributed by atoms with Crippen molar-refractivity contribution in [1.82, 2.24) is 14.7 Å². The Hall–Kier alpha value is -1.62. The Labute approximate surface area is 129 Å². The number of aromatic nitrogens is 2. The number of nitrogens with zero attached hydrogens (tertiary/aromatic N) is 3. The highest BCUT2D eigenvalue weighted by atomic mass is 32.1. The van der Waals surface area contributed by atoms with Crippen molar-refractivity contribution in [2.24, 2.45) is 0 Å². The molecule has 2 aromatic rings. The van der Waals surface area contributed by atoms with Crippen LogP contribution in [0.1, 0.15) is 47.4 Å². The molecule has 5 heteroatoms. The predicted octanol–water partition coefficient (Wildman–Crippen LogP) is 3.21. The number of carbonyl (C=O) groups is 1. The van der Waals surface area contributed by atoms with Crippen LogP contribution in [0.5, 0.6) is 0 Å². The van der Waals surface area contributed by atoms with Crippen molar-refractivity contribution in [3.05, 3.63) is 39.3 Å². The molecule has 1 aliphatic heterocycles. The molecule has 0 saturated carbocycles. The molecule has 0 N–H and O–H groups in total. The minimum Gasteiger partial charge on any atom is -0.333 e. The molecule has 3 rings (SSSR count). The molecule has 0 radical (unpaired) electrons. The van der Waals surface area contributed by atoms with Crippen LogP contribution < -0.4 is 0 Å². The van der Waals surface area contributed by atoms with E-state index in [1.807, 2.05) is 22.6 Å². The van der Waals surface area contributed by atoms with Gasteiger partial charge in [0.15, 0.2) is 5.69 Å². The highest BCUT2D eigenvalue weighted by molar-refractivity contribution is 7.10. The standard InChI is InChI=1S/C16H21N3OS/c1-11-9-13(17-19(11)16(2,3)4)15(20)18-7-5-14-12(10-18)6-8-21-14/h6,8-9H,5,7,10H2,1-4H3. The third kappa shape index (κ3) is 2.62. The Morgan fingerprint density at radius 1 is 1.38 bits per heavy atom. The summed E-state index contributed by atoms with van der Waals surface area (Å²) in [7, 11) is 0. The van der Waals surface area contributed by atoms with Crippen LogP contribution in [-0.4, -0.2) is 27.1 Å². The van der Waals surface area contributed by atoms with Gasteiger partial charge in [0.2, 0.25) is 0 Å². The van der Waals surface area contributed by atoms with Crippen molar-refractivity contribution in [3.8, 4) is 0 Å². The first-order valence-corrected chi connectivity index (χ1v) is 8.16. The second kappa shape index (κ2) is 4.98. The van der Waals surface area contributed by atoms with E-state index in [4.69, 9.17) is 0 Å². The summed E-state index contributed by atoms with van der Waals surface area (Å²) in [5, 5.41) is 6.64. The number of rotatable bonds is 1. The Morgan fingerprint density at radius 2 is 2.14 bits per heavy atom. The van der Waals surface area contributed by atoms with Gasteiger partial charge in [0.1, 0.15) is 0 Å². The van der Waals surface area contributed by atoms with Crippen LogP contribution in [0.15, 0.2) is 17.5 Å². The van der Waals surface area contributed by atoms with Crippen LogP contribution in [0, 0.1) is 6.92 Å². The van der Waals surface area contributed by atoms with Gasteiger partial charge in [-0.1, -0.05) is 0 Å². The normalized spacial score (nSPS) is 15.1. The van der Waals surface area contributed by atoms with Crippen molar-refractivity contribution >= 4 is 17.2 Å². The number of hydrogen-bond acceptors (Lipinski definition) is 3. The molecule has 3 heterocycles. The Morgan fingerprint density at radius 3 is 2.81 bits per heavy atom. The van der Waals surface area contributed by atoms with E-state index in [1.54, 1.807) is 11.3 Å². The Balaban J connectivity index is 1.84. The Bertz CT molecular complexity index is 678. The molecular formula is C16H21N3OS. The summed E-state index contributed by atoms with van der Waals surface area (Å²) in [6.07, 6.45) is 0.956. The zero-order valence-corrected chi connectivity index (χ0v) is 13.8. The fraction of sp³-hybridized carbons (Fsp3) is 0.500. The number of hydrogen-bond donors (Lipinski definition) is 0. The smallest absolute Gasteiger partial charge is 0.274 e. The van der Waals surface area contributed by atoms with Crippen LogP contribution >= 0.6 is 11.3 Å². The van der Waals surface area contributed by atoms with E-state index in [1.165, 1.54) is 10.4 Å². The van der Waals surface area contributed by atoms with Gasteiger partial charge in [0.05, 0.1) is 5.54 Å². The van der Waals surface area contributed by atoms with Gasteiger partial charge in [0.25, 0.3) is 5.91 Å². The van der Waals surface area contributed by atoms with E-state index >= 15 is 0 Å². The summed E-state index contributed by atoms with van der Waals surface area (Å²) in [4.78, 5) is 16.0. The molecule has 21 heavy (non-hydrogen) atoms. The minimum atomic E-state index is -0.106. The summed E-state index contributed by atoms with van der Waals surface area (Å²) in [6, 6.07) is 4.02. The monoisotopic (exact) mass is 303 g/mol. The zero-order valence-electron chi connectivity index (χ0n) is 13.0. The average Bonchev–Trinajstić information content (AvgIpc) is 3.02. The second-order valence-electron chi connectivity index (χ2n) is 6.60. The number of carbonyl (C=O) groups excluding carboxylic acids is 1. The highest BCUT2D eigenvalue weighted by Crippen LogP contribution is 2.25. The van der Waals surface area contributed by atoms with Crippen molar-refractivity contribution in [2.45, 2.75) is 46.2 Å². The lowest BCUT2D eigenvalue weighted by Crippen LogP contribution is -2.36. The highest BCUT2D eigenvalue weighted by Gasteiger charge is 2.26. The SMILES string of the molecule is Cc1cc(C(=O)N2CCc3sccc3C2)nn1C(C)(C)C. The van der Waals surface area contributed by atoms with Crippen LogP contribution in [0.4, 0.5) is 0 Å². The molecule has 1 amide bonds. The van der Waals surface area contributed by atoms with Crippen LogP contribution in [0.2, 0.25) is 0 Å². The fourth-order valence-electron chi connectivity index (χ4n) is 2.84. The van der Waals surface area contributed by atoms with E-state index < -0.39 is 0 Å². The number of amides is 1. The molecule has 0 atom stereocenters. The first-order valence-electron chi connectivity index (χ1n) is 7.28. The van der Waals surface area contributed by atoms with Gasteiger partial charge in [-0.2, -0.15) is 5.10 Å². The average molecular weight is 303 g/mol. The molecule has 0 spiro atoms. The maximum absolute atomic E-state index is 12.7. The van der Waals surface area contributed by atoms with Gasteiger partial charge in [-0.25, -0.2) is 0 Å². The van der Waals surface area contributed by atoms with Crippen molar-refractivity contribution < 1.29 is 4.79 Å². The molecule has 0 saturated heterocycles.